The van der Waals surface area contributed by atoms with Gasteiger partial charge in [-0.05, 0) is 43.4 Å². The third-order valence-electron chi connectivity index (χ3n) is 6.77. The minimum absolute atomic E-state index is 0.00897. The Balaban J connectivity index is 1.59. The Bertz CT molecular complexity index is 887. The lowest BCUT2D eigenvalue weighted by Gasteiger charge is -2.44. The maximum Gasteiger partial charge on any atom is 0.255 e. The topological polar surface area (TPSA) is 49.4 Å². The van der Waals surface area contributed by atoms with E-state index in [0.29, 0.717) is 13.0 Å². The van der Waals surface area contributed by atoms with Gasteiger partial charge in [0.1, 0.15) is 5.54 Å². The molecule has 4 nitrogen and oxygen atoms in total. The summed E-state index contributed by atoms with van der Waals surface area (Å²) in [5, 5.41) is 3.32. The molecule has 4 heteroatoms. The van der Waals surface area contributed by atoms with Gasteiger partial charge in [-0.1, -0.05) is 74.2 Å². The third kappa shape index (κ3) is 4.28. The van der Waals surface area contributed by atoms with Crippen LogP contribution in [0.4, 0.5) is 0 Å². The number of hydrogen-bond acceptors (Lipinski definition) is 2. The maximum absolute atomic E-state index is 13.6. The van der Waals surface area contributed by atoms with Crippen molar-refractivity contribution in [3.8, 4) is 0 Å². The van der Waals surface area contributed by atoms with Crippen molar-refractivity contribution in [2.24, 2.45) is 0 Å². The molecule has 2 aromatic carbocycles. The Kier molecular flexibility index (Phi) is 6.21. The molecule has 2 amide bonds. The van der Waals surface area contributed by atoms with Gasteiger partial charge >= 0.3 is 0 Å². The molecule has 1 atom stereocenters. The zero-order valence-electron chi connectivity index (χ0n) is 17.9. The zero-order chi connectivity index (χ0) is 21.0. The van der Waals surface area contributed by atoms with Crippen molar-refractivity contribution >= 4 is 11.8 Å². The van der Waals surface area contributed by atoms with E-state index < -0.39 is 5.54 Å². The van der Waals surface area contributed by atoms with Crippen LogP contribution < -0.4 is 5.32 Å². The fraction of sp³-hybridized carbons (Fsp3) is 0.462. The molecule has 1 unspecified atom stereocenters. The van der Waals surface area contributed by atoms with E-state index in [1.165, 1.54) is 31.2 Å². The molecule has 1 N–H and O–H groups in total. The SMILES string of the molecule is CC1(C(=O)NC2CCCCCC2)Cc2ccccc2C(=O)N1CCc1ccccc1. The van der Waals surface area contributed by atoms with Crippen LogP contribution in [-0.4, -0.2) is 34.8 Å². The number of rotatable bonds is 5. The Labute approximate surface area is 179 Å². The van der Waals surface area contributed by atoms with Crippen LogP contribution in [-0.2, 0) is 17.6 Å². The van der Waals surface area contributed by atoms with E-state index in [1.54, 1.807) is 0 Å². The van der Waals surface area contributed by atoms with Gasteiger partial charge in [-0.2, -0.15) is 0 Å². The molecule has 30 heavy (non-hydrogen) atoms. The summed E-state index contributed by atoms with van der Waals surface area (Å²) in [5.74, 6) is -0.0448. The van der Waals surface area contributed by atoms with Crippen molar-refractivity contribution < 1.29 is 9.59 Å². The van der Waals surface area contributed by atoms with E-state index in [0.717, 1.165) is 30.4 Å². The van der Waals surface area contributed by atoms with E-state index in [4.69, 9.17) is 0 Å². The van der Waals surface area contributed by atoms with E-state index in [9.17, 15) is 9.59 Å². The van der Waals surface area contributed by atoms with Gasteiger partial charge in [0.15, 0.2) is 0 Å². The van der Waals surface area contributed by atoms with E-state index in [1.807, 2.05) is 54.3 Å². The number of carbonyl (C=O) groups is 2. The molecule has 2 aromatic rings. The summed E-state index contributed by atoms with van der Waals surface area (Å²) in [6.07, 6.45) is 8.20. The van der Waals surface area contributed by atoms with Crippen molar-refractivity contribution in [2.75, 3.05) is 6.54 Å². The summed E-state index contributed by atoms with van der Waals surface area (Å²) >= 11 is 0. The van der Waals surface area contributed by atoms with Gasteiger partial charge in [0.2, 0.25) is 5.91 Å². The van der Waals surface area contributed by atoms with Gasteiger partial charge in [-0.25, -0.2) is 0 Å². The predicted octanol–water partition coefficient (Wildman–Crippen LogP) is 4.53. The van der Waals surface area contributed by atoms with Crippen molar-refractivity contribution in [1.82, 2.24) is 10.2 Å². The van der Waals surface area contributed by atoms with Gasteiger partial charge in [0.05, 0.1) is 0 Å². The lowest BCUT2D eigenvalue weighted by molar-refractivity contribution is -0.132. The summed E-state index contributed by atoms with van der Waals surface area (Å²) in [6.45, 7) is 2.48. The van der Waals surface area contributed by atoms with Crippen LogP contribution in [0.25, 0.3) is 0 Å². The van der Waals surface area contributed by atoms with E-state index in [2.05, 4.69) is 17.4 Å². The van der Waals surface area contributed by atoms with Crippen LogP contribution in [0, 0.1) is 0 Å². The predicted molar refractivity (Wildman–Crippen MR) is 119 cm³/mol. The fourth-order valence-corrected chi connectivity index (χ4v) is 4.92. The van der Waals surface area contributed by atoms with Crippen LogP contribution >= 0.6 is 0 Å². The van der Waals surface area contributed by atoms with Gasteiger partial charge in [0, 0.05) is 24.6 Å². The summed E-state index contributed by atoms with van der Waals surface area (Å²) in [7, 11) is 0. The standard InChI is InChI=1S/C26H32N2O2/c1-26(25(30)27-22-14-7-2-3-8-15-22)19-21-13-9-10-16-23(21)24(29)28(26)18-17-20-11-5-4-6-12-20/h4-6,9-13,16,22H,2-3,7-8,14-15,17-19H2,1H3,(H,27,30). The highest BCUT2D eigenvalue weighted by molar-refractivity contribution is 6.02. The first-order valence-electron chi connectivity index (χ1n) is 11.3. The third-order valence-corrected chi connectivity index (χ3v) is 6.77. The number of carbonyl (C=O) groups excluding carboxylic acids is 2. The first-order valence-corrected chi connectivity index (χ1v) is 11.3. The first-order chi connectivity index (χ1) is 14.6. The van der Waals surface area contributed by atoms with Crippen LogP contribution in [0.5, 0.6) is 0 Å². The highest BCUT2D eigenvalue weighted by Gasteiger charge is 2.46. The summed E-state index contributed by atoms with van der Waals surface area (Å²) in [4.78, 5) is 28.8. The molecule has 4 rings (SSSR count). The molecule has 1 saturated carbocycles. The smallest absolute Gasteiger partial charge is 0.255 e. The molecule has 0 bridgehead atoms. The molecule has 1 heterocycles. The minimum Gasteiger partial charge on any atom is -0.351 e. The Morgan fingerprint density at radius 1 is 1.00 bits per heavy atom. The average molecular weight is 405 g/mol. The molecule has 0 spiro atoms. The zero-order valence-corrected chi connectivity index (χ0v) is 17.9. The van der Waals surface area contributed by atoms with Gasteiger partial charge in [-0.15, -0.1) is 0 Å². The number of nitrogens with zero attached hydrogens (tertiary/aromatic N) is 1. The molecule has 2 aliphatic rings. The molecule has 0 saturated heterocycles. The molecular weight excluding hydrogens is 372 g/mol. The maximum atomic E-state index is 13.6. The van der Waals surface area contributed by atoms with E-state index >= 15 is 0 Å². The summed E-state index contributed by atoms with van der Waals surface area (Å²) < 4.78 is 0. The second kappa shape index (κ2) is 9.03. The number of hydrogen-bond donors (Lipinski definition) is 1. The van der Waals surface area contributed by atoms with Crippen LogP contribution in [0.15, 0.2) is 54.6 Å². The van der Waals surface area contributed by atoms with Crippen molar-refractivity contribution in [2.45, 2.75) is 69.9 Å². The van der Waals surface area contributed by atoms with Gasteiger partial charge in [-0.3, -0.25) is 9.59 Å². The average Bonchev–Trinajstić information content (AvgIpc) is 3.03. The second-order valence-electron chi connectivity index (χ2n) is 8.96. The van der Waals surface area contributed by atoms with Gasteiger partial charge < -0.3 is 10.2 Å². The molecule has 0 radical (unpaired) electrons. The molecule has 1 aliphatic heterocycles. The monoisotopic (exact) mass is 404 g/mol. The van der Waals surface area contributed by atoms with Crippen molar-refractivity contribution in [3.63, 3.8) is 0 Å². The molecule has 1 aliphatic carbocycles. The van der Waals surface area contributed by atoms with Crippen molar-refractivity contribution in [3.05, 3.63) is 71.3 Å². The summed E-state index contributed by atoms with van der Waals surface area (Å²) in [6, 6.07) is 18.1. The van der Waals surface area contributed by atoms with Crippen LogP contribution in [0.3, 0.4) is 0 Å². The van der Waals surface area contributed by atoms with E-state index in [-0.39, 0.29) is 17.9 Å². The second-order valence-corrected chi connectivity index (χ2v) is 8.96. The highest BCUT2D eigenvalue weighted by Crippen LogP contribution is 2.32. The quantitative estimate of drug-likeness (QED) is 0.745. The Hall–Kier alpha value is -2.62. The van der Waals surface area contributed by atoms with Gasteiger partial charge in [0.25, 0.3) is 5.91 Å². The molecule has 0 aromatic heterocycles. The van der Waals surface area contributed by atoms with Crippen molar-refractivity contribution in [1.29, 1.82) is 0 Å². The highest BCUT2D eigenvalue weighted by atomic mass is 16.2. The largest absolute Gasteiger partial charge is 0.351 e. The molecule has 158 valence electrons. The Morgan fingerprint density at radius 3 is 2.40 bits per heavy atom. The lowest BCUT2D eigenvalue weighted by Crippen LogP contribution is -2.64. The molecule has 1 fully saturated rings. The number of benzene rings is 2. The number of nitrogens with one attached hydrogen (secondary N) is 1. The normalized spacial score (nSPS) is 22.3. The Morgan fingerprint density at radius 2 is 1.67 bits per heavy atom. The number of amides is 2. The fourth-order valence-electron chi connectivity index (χ4n) is 4.92. The molecular formula is C26H32N2O2. The number of fused-ring (bicyclic) bond motifs is 1. The van der Waals surface area contributed by atoms with Crippen LogP contribution in [0.1, 0.15) is 66.9 Å². The van der Waals surface area contributed by atoms with Crippen LogP contribution in [0.2, 0.25) is 0 Å². The lowest BCUT2D eigenvalue weighted by atomic mass is 9.82. The first kappa shape index (κ1) is 20.6. The summed E-state index contributed by atoms with van der Waals surface area (Å²) in [5.41, 5.74) is 2.00. The minimum atomic E-state index is -0.869.